The molecule has 11 aromatic rings. The molecule has 2 aliphatic heterocycles. The summed E-state index contributed by atoms with van der Waals surface area (Å²) in [4.78, 5) is 0. The highest BCUT2D eigenvalue weighted by Gasteiger charge is 2.43. The van der Waals surface area contributed by atoms with Crippen molar-refractivity contribution in [1.82, 2.24) is 13.5 Å². The third-order valence-electron chi connectivity index (χ3n) is 12.0. The van der Waals surface area contributed by atoms with Gasteiger partial charge in [-0.3, -0.25) is 8.97 Å². The molecule has 0 radical (unpaired) electrons. The van der Waals surface area contributed by atoms with Crippen molar-refractivity contribution in [2.75, 3.05) is 0 Å². The molecule has 4 heteroatoms. The minimum atomic E-state index is 0.0493. The van der Waals surface area contributed by atoms with Crippen molar-refractivity contribution in [3.63, 3.8) is 0 Å². The molecule has 2 aliphatic rings. The smallest absolute Gasteiger partial charge is 0.255 e. The number of aromatic nitrogens is 3. The minimum absolute atomic E-state index is 0.0493. The lowest BCUT2D eigenvalue weighted by Gasteiger charge is -2.32. The summed E-state index contributed by atoms with van der Waals surface area (Å²) in [5, 5.41) is 6.47. The van der Waals surface area contributed by atoms with Crippen LogP contribution in [-0.2, 0) is 0 Å². The van der Waals surface area contributed by atoms with Gasteiger partial charge in [0.15, 0.2) is 0 Å². The van der Waals surface area contributed by atoms with E-state index in [-0.39, 0.29) is 6.71 Å². The van der Waals surface area contributed by atoms with Crippen molar-refractivity contribution in [2.24, 2.45) is 0 Å². The van der Waals surface area contributed by atoms with E-state index in [0.717, 1.165) is 0 Å². The second kappa shape index (κ2) is 9.51. The third kappa shape index (κ3) is 3.20. The van der Waals surface area contributed by atoms with E-state index in [9.17, 15) is 0 Å². The molecule has 0 bridgehead atoms. The molecule has 0 spiro atoms. The van der Waals surface area contributed by atoms with Crippen LogP contribution in [0.4, 0.5) is 0 Å². The van der Waals surface area contributed by atoms with Crippen molar-refractivity contribution in [3.8, 4) is 33.6 Å². The number of hydrogen-bond acceptors (Lipinski definition) is 0. The van der Waals surface area contributed by atoms with E-state index in [1.54, 1.807) is 0 Å². The number of nitrogens with zero attached hydrogens (tertiary/aromatic N) is 3. The Morgan fingerprint density at radius 3 is 1.88 bits per heavy atom. The topological polar surface area (TPSA) is 14.3 Å². The van der Waals surface area contributed by atoms with Crippen LogP contribution in [0.5, 0.6) is 0 Å². The molecule has 0 amide bonds. The summed E-state index contributed by atoms with van der Waals surface area (Å²) in [7, 11) is 0. The number of para-hydroxylation sites is 2. The van der Waals surface area contributed by atoms with E-state index in [0.29, 0.717) is 0 Å². The molecule has 3 aromatic heterocycles. The van der Waals surface area contributed by atoms with Crippen molar-refractivity contribution >= 4 is 83.3 Å². The predicted molar refractivity (Wildman–Crippen MR) is 219 cm³/mol. The van der Waals surface area contributed by atoms with Gasteiger partial charge in [0.1, 0.15) is 5.65 Å². The van der Waals surface area contributed by atoms with Crippen LogP contribution in [-0.4, -0.2) is 20.2 Å². The molecule has 5 heterocycles. The monoisotopic (exact) mass is 657 g/mol. The summed E-state index contributed by atoms with van der Waals surface area (Å²) >= 11 is 0. The second-order valence-corrected chi connectivity index (χ2v) is 14.5. The van der Waals surface area contributed by atoms with Crippen LogP contribution >= 0.6 is 0 Å². The zero-order valence-corrected chi connectivity index (χ0v) is 28.1. The Bertz CT molecular complexity index is 3350. The average molecular weight is 658 g/mol. The minimum Gasteiger partial charge on any atom is -0.310 e. The van der Waals surface area contributed by atoms with E-state index < -0.39 is 0 Å². The SMILES string of the molecule is c1ccc(-c2ccc3c(c2)c2cc(-c4ccccc4)cc4c2n3-c2cccc3c2B4c2c4ccc5ccccc5c4n4c5ccccc5n-3c24)cc1. The second-order valence-electron chi connectivity index (χ2n) is 14.5. The molecule has 238 valence electrons. The molecule has 0 N–H and O–H groups in total. The van der Waals surface area contributed by atoms with E-state index in [1.165, 1.54) is 110 Å². The maximum absolute atomic E-state index is 2.57. The lowest BCUT2D eigenvalue weighted by atomic mass is 9.34. The van der Waals surface area contributed by atoms with Crippen molar-refractivity contribution in [2.45, 2.75) is 0 Å². The molecule has 0 fully saturated rings. The lowest BCUT2D eigenvalue weighted by Crippen LogP contribution is -2.59. The van der Waals surface area contributed by atoms with Gasteiger partial charge in [0.05, 0.1) is 22.1 Å². The van der Waals surface area contributed by atoms with Crippen LogP contribution in [0.1, 0.15) is 0 Å². The maximum Gasteiger partial charge on any atom is 0.255 e. The Morgan fingerprint density at radius 1 is 0.365 bits per heavy atom. The van der Waals surface area contributed by atoms with Crippen LogP contribution in [0, 0.1) is 0 Å². The highest BCUT2D eigenvalue weighted by atomic mass is 15.1. The standard InChI is InChI=1S/C48H28BN3/c1-3-12-29(13-4-1)32-23-25-39-36(26-32)37-27-33(30-14-5-2-6-15-30)28-38-47(37)50(39)42-20-11-21-43-45(42)49(38)44-35-24-22-31-16-7-8-17-34(31)46(35)52-41-19-10-9-18-40(41)51(43)48(44)52/h1-28H. The quantitative estimate of drug-likeness (QED) is 0.165. The predicted octanol–water partition coefficient (Wildman–Crippen LogP) is 9.76. The first kappa shape index (κ1) is 27.0. The summed E-state index contributed by atoms with van der Waals surface area (Å²) in [6.07, 6.45) is 0. The van der Waals surface area contributed by atoms with Gasteiger partial charge in [0.2, 0.25) is 0 Å². The Morgan fingerprint density at radius 2 is 1.06 bits per heavy atom. The van der Waals surface area contributed by atoms with Gasteiger partial charge >= 0.3 is 0 Å². The molecule has 0 saturated carbocycles. The lowest BCUT2D eigenvalue weighted by molar-refractivity contribution is 1.13. The normalized spacial score (nSPS) is 13.0. The van der Waals surface area contributed by atoms with Gasteiger partial charge in [0.25, 0.3) is 6.71 Å². The zero-order chi connectivity index (χ0) is 33.7. The van der Waals surface area contributed by atoms with Crippen LogP contribution in [0.15, 0.2) is 170 Å². The Balaban J connectivity index is 1.25. The molecule has 0 unspecified atom stereocenters. The summed E-state index contributed by atoms with van der Waals surface area (Å²) in [5.74, 6) is 0. The van der Waals surface area contributed by atoms with E-state index >= 15 is 0 Å². The number of benzene rings is 8. The van der Waals surface area contributed by atoms with Gasteiger partial charge in [-0.25, -0.2) is 0 Å². The number of imidazole rings is 1. The molecular weight excluding hydrogens is 629 g/mol. The van der Waals surface area contributed by atoms with Gasteiger partial charge in [-0.05, 0) is 91.9 Å². The molecule has 3 nitrogen and oxygen atoms in total. The first-order valence-corrected chi connectivity index (χ1v) is 18.2. The summed E-state index contributed by atoms with van der Waals surface area (Å²) in [6, 6.07) is 63.2. The average Bonchev–Trinajstić information content (AvgIpc) is 3.86. The summed E-state index contributed by atoms with van der Waals surface area (Å²) < 4.78 is 7.68. The number of hydrogen-bond donors (Lipinski definition) is 0. The van der Waals surface area contributed by atoms with E-state index in [1.807, 2.05) is 0 Å². The summed E-state index contributed by atoms with van der Waals surface area (Å²) in [5.41, 5.74) is 19.2. The fourth-order valence-electron chi connectivity index (χ4n) is 9.94. The van der Waals surface area contributed by atoms with Crippen LogP contribution in [0.25, 0.3) is 93.8 Å². The van der Waals surface area contributed by atoms with Crippen molar-refractivity contribution in [1.29, 1.82) is 0 Å². The maximum atomic E-state index is 2.57. The van der Waals surface area contributed by atoms with Crippen molar-refractivity contribution in [3.05, 3.63) is 170 Å². The molecule has 8 aromatic carbocycles. The molecular formula is C48H28BN3. The van der Waals surface area contributed by atoms with Gasteiger partial charge in [-0.1, -0.05) is 127 Å². The highest BCUT2D eigenvalue weighted by Crippen LogP contribution is 2.42. The van der Waals surface area contributed by atoms with E-state index in [4.69, 9.17) is 0 Å². The van der Waals surface area contributed by atoms with Gasteiger partial charge in [-0.15, -0.1) is 0 Å². The Kier molecular flexibility index (Phi) is 4.94. The van der Waals surface area contributed by atoms with Gasteiger partial charge < -0.3 is 4.57 Å². The fourth-order valence-corrected chi connectivity index (χ4v) is 9.94. The molecule has 13 rings (SSSR count). The van der Waals surface area contributed by atoms with Gasteiger partial charge in [0, 0.05) is 33.1 Å². The zero-order valence-electron chi connectivity index (χ0n) is 28.1. The van der Waals surface area contributed by atoms with Crippen molar-refractivity contribution < 1.29 is 0 Å². The van der Waals surface area contributed by atoms with Crippen LogP contribution < -0.4 is 16.4 Å². The summed E-state index contributed by atoms with van der Waals surface area (Å²) in [6.45, 7) is 0.0493. The number of fused-ring (bicyclic) bond motifs is 15. The van der Waals surface area contributed by atoms with Crippen LogP contribution in [0.2, 0.25) is 0 Å². The largest absolute Gasteiger partial charge is 0.310 e. The first-order chi connectivity index (χ1) is 25.8. The van der Waals surface area contributed by atoms with E-state index in [2.05, 4.69) is 183 Å². The highest BCUT2D eigenvalue weighted by molar-refractivity contribution is 7.01. The molecule has 0 saturated heterocycles. The Labute approximate surface area is 299 Å². The van der Waals surface area contributed by atoms with Crippen LogP contribution in [0.3, 0.4) is 0 Å². The number of rotatable bonds is 2. The molecule has 0 aliphatic carbocycles. The first-order valence-electron chi connectivity index (χ1n) is 18.2. The molecule has 52 heavy (non-hydrogen) atoms. The Hall–Kier alpha value is -6.78. The molecule has 0 atom stereocenters. The third-order valence-corrected chi connectivity index (χ3v) is 12.0. The van der Waals surface area contributed by atoms with Gasteiger partial charge in [-0.2, -0.15) is 0 Å². The fraction of sp³-hybridized carbons (Fsp3) is 0.